The van der Waals surface area contributed by atoms with Gasteiger partial charge in [-0.05, 0) is 60.1 Å². The summed E-state index contributed by atoms with van der Waals surface area (Å²) in [6.07, 6.45) is 1.06. The second-order valence-corrected chi connectivity index (χ2v) is 9.13. The Morgan fingerprint density at radius 3 is 1.78 bits per heavy atom. The number of hydrogen-bond donors (Lipinski definition) is 0. The van der Waals surface area contributed by atoms with Crippen LogP contribution in [0.25, 0.3) is 0 Å². The third kappa shape index (κ3) is 3.05. The molecule has 6 rings (SSSR count). The van der Waals surface area contributed by atoms with Crippen molar-refractivity contribution >= 4 is 11.9 Å². The van der Waals surface area contributed by atoms with Crippen LogP contribution in [0.2, 0.25) is 0 Å². The summed E-state index contributed by atoms with van der Waals surface area (Å²) in [6.45, 7) is 0. The molecule has 160 valence electrons. The van der Waals surface area contributed by atoms with E-state index >= 15 is 0 Å². The predicted molar refractivity (Wildman–Crippen MR) is 119 cm³/mol. The van der Waals surface area contributed by atoms with Crippen molar-refractivity contribution in [2.45, 2.75) is 31.0 Å². The number of hydrogen-bond acceptors (Lipinski definition) is 4. The Kier molecular flexibility index (Phi) is 4.60. The molecule has 0 saturated heterocycles. The van der Waals surface area contributed by atoms with Crippen molar-refractivity contribution in [2.75, 3.05) is 0 Å². The number of carbonyl (C=O) groups is 2. The molecule has 32 heavy (non-hydrogen) atoms. The van der Waals surface area contributed by atoms with Gasteiger partial charge in [0, 0.05) is 11.8 Å². The lowest BCUT2D eigenvalue weighted by molar-refractivity contribution is -0.0698. The molecule has 0 amide bonds. The molecule has 4 heteroatoms. The first-order valence-electron chi connectivity index (χ1n) is 11.3. The van der Waals surface area contributed by atoms with E-state index in [0.29, 0.717) is 23.0 Å². The van der Waals surface area contributed by atoms with Gasteiger partial charge in [0.15, 0.2) is 0 Å². The highest BCUT2D eigenvalue weighted by Crippen LogP contribution is 2.62. The molecule has 0 aliphatic heterocycles. The van der Waals surface area contributed by atoms with Crippen molar-refractivity contribution in [3.63, 3.8) is 0 Å². The van der Waals surface area contributed by atoms with E-state index in [1.807, 2.05) is 36.4 Å². The minimum atomic E-state index is -0.437. The van der Waals surface area contributed by atoms with Crippen molar-refractivity contribution in [1.82, 2.24) is 0 Å². The van der Waals surface area contributed by atoms with Crippen molar-refractivity contribution in [2.24, 2.45) is 17.8 Å². The zero-order valence-electron chi connectivity index (χ0n) is 17.6. The molecule has 0 heterocycles. The normalized spacial score (nSPS) is 29.2. The summed E-state index contributed by atoms with van der Waals surface area (Å²) in [7, 11) is 0. The maximum atomic E-state index is 13.0. The van der Waals surface area contributed by atoms with Crippen LogP contribution in [0, 0.1) is 17.8 Å². The summed E-state index contributed by atoms with van der Waals surface area (Å²) in [6, 6.07) is 26.7. The van der Waals surface area contributed by atoms with E-state index in [0.717, 1.165) is 12.8 Å². The highest BCUT2D eigenvalue weighted by atomic mass is 16.6. The van der Waals surface area contributed by atoms with Gasteiger partial charge < -0.3 is 9.47 Å². The smallest absolute Gasteiger partial charge is 0.338 e. The lowest BCUT2D eigenvalue weighted by Crippen LogP contribution is -2.45. The lowest BCUT2D eigenvalue weighted by atomic mass is 9.76. The van der Waals surface area contributed by atoms with E-state index in [4.69, 9.17) is 9.47 Å². The Bertz CT molecular complexity index is 1160. The van der Waals surface area contributed by atoms with Gasteiger partial charge in [-0.25, -0.2) is 9.59 Å². The summed E-state index contributed by atoms with van der Waals surface area (Å²) in [5, 5.41) is 0. The molecule has 3 aliphatic carbocycles. The van der Waals surface area contributed by atoms with Gasteiger partial charge in [-0.15, -0.1) is 0 Å². The summed E-state index contributed by atoms with van der Waals surface area (Å²) in [5.41, 5.74) is 3.79. The Balaban J connectivity index is 1.32. The number of rotatable bonds is 4. The zero-order chi connectivity index (χ0) is 21.7. The first kappa shape index (κ1) is 19.3. The van der Waals surface area contributed by atoms with Crippen LogP contribution in [-0.4, -0.2) is 24.1 Å². The van der Waals surface area contributed by atoms with Gasteiger partial charge in [0.05, 0.1) is 11.1 Å². The largest absolute Gasteiger partial charge is 0.455 e. The Labute approximate surface area is 187 Å². The monoisotopic (exact) mass is 424 g/mol. The van der Waals surface area contributed by atoms with Gasteiger partial charge >= 0.3 is 11.9 Å². The number of fused-ring (bicyclic) bond motifs is 7. The second kappa shape index (κ2) is 7.63. The van der Waals surface area contributed by atoms with Crippen LogP contribution in [0.3, 0.4) is 0 Å². The minimum absolute atomic E-state index is 0.162. The van der Waals surface area contributed by atoms with Crippen LogP contribution in [0.1, 0.15) is 44.2 Å². The zero-order valence-corrected chi connectivity index (χ0v) is 17.6. The van der Waals surface area contributed by atoms with Gasteiger partial charge in [0.25, 0.3) is 0 Å². The highest BCUT2D eigenvalue weighted by molar-refractivity contribution is 5.90. The van der Waals surface area contributed by atoms with Crippen LogP contribution in [0.4, 0.5) is 0 Å². The number of carbonyl (C=O) groups excluding carboxylic acids is 2. The van der Waals surface area contributed by atoms with Crippen LogP contribution in [0.5, 0.6) is 0 Å². The van der Waals surface area contributed by atoms with Gasteiger partial charge in [0.1, 0.15) is 12.2 Å². The number of esters is 2. The second-order valence-electron chi connectivity index (χ2n) is 9.13. The number of ether oxygens (including phenoxy) is 2. The fraction of sp³-hybridized carbons (Fsp3) is 0.286. The van der Waals surface area contributed by atoms with Crippen molar-refractivity contribution in [3.05, 3.63) is 107 Å². The SMILES string of the molecule is O=C(O[C@@H]1[C@@H]2C[C@H]([C@@H]1OC(=O)c1ccccc1)[C@@H]1c3ccccc3C[C@H]21)c1ccccc1. The van der Waals surface area contributed by atoms with E-state index < -0.39 is 12.2 Å². The van der Waals surface area contributed by atoms with Crippen LogP contribution in [0.15, 0.2) is 84.9 Å². The molecule has 0 radical (unpaired) electrons. The first-order chi connectivity index (χ1) is 15.7. The molecular weight excluding hydrogens is 400 g/mol. The van der Waals surface area contributed by atoms with E-state index in [1.54, 1.807) is 24.3 Å². The maximum absolute atomic E-state index is 13.0. The van der Waals surface area contributed by atoms with Gasteiger partial charge in [-0.1, -0.05) is 60.7 Å². The predicted octanol–water partition coefficient (Wildman–Crippen LogP) is 5.04. The molecule has 0 aromatic heterocycles. The fourth-order valence-corrected chi connectivity index (χ4v) is 6.30. The summed E-state index contributed by atoms with van der Waals surface area (Å²) >= 11 is 0. The van der Waals surface area contributed by atoms with E-state index in [2.05, 4.69) is 24.3 Å². The van der Waals surface area contributed by atoms with E-state index in [-0.39, 0.29) is 23.8 Å². The standard InChI is InChI=1S/C28H24O4/c29-27(17-9-3-1-4-10-17)31-25-22-16-23(24-20-14-8-7-13-19(20)15-21(22)24)26(25)32-28(30)18-11-5-2-6-12-18/h1-14,21-26H,15-16H2/t21-,22-,23+,24-,25-,26+/m1/s1. The maximum Gasteiger partial charge on any atom is 0.338 e. The van der Waals surface area contributed by atoms with Crippen molar-refractivity contribution in [3.8, 4) is 0 Å². The van der Waals surface area contributed by atoms with Crippen molar-refractivity contribution in [1.29, 1.82) is 0 Å². The topological polar surface area (TPSA) is 52.6 Å². The van der Waals surface area contributed by atoms with Crippen LogP contribution >= 0.6 is 0 Å². The molecule has 3 aromatic rings. The molecule has 0 spiro atoms. The highest BCUT2D eigenvalue weighted by Gasteiger charge is 2.63. The molecular formula is C28H24O4. The molecule has 2 bridgehead atoms. The Morgan fingerprint density at radius 1 is 0.625 bits per heavy atom. The van der Waals surface area contributed by atoms with E-state index in [1.165, 1.54) is 11.1 Å². The average molecular weight is 424 g/mol. The lowest BCUT2D eigenvalue weighted by Gasteiger charge is -2.37. The average Bonchev–Trinajstić information content (AvgIpc) is 3.50. The van der Waals surface area contributed by atoms with Gasteiger partial charge in [-0.3, -0.25) is 0 Å². The summed E-state index contributed by atoms with van der Waals surface area (Å²) in [5.74, 6) is 0.435. The summed E-state index contributed by atoms with van der Waals surface area (Å²) in [4.78, 5) is 25.9. The molecule has 4 nitrogen and oxygen atoms in total. The molecule has 3 aromatic carbocycles. The Hall–Kier alpha value is -3.40. The molecule has 3 aliphatic rings. The van der Waals surface area contributed by atoms with Gasteiger partial charge in [-0.2, -0.15) is 0 Å². The first-order valence-corrected chi connectivity index (χ1v) is 11.3. The molecule has 2 saturated carbocycles. The van der Waals surface area contributed by atoms with Crippen molar-refractivity contribution < 1.29 is 19.1 Å². The van der Waals surface area contributed by atoms with Crippen LogP contribution in [-0.2, 0) is 15.9 Å². The third-order valence-electron chi connectivity index (χ3n) is 7.56. The minimum Gasteiger partial charge on any atom is -0.455 e. The van der Waals surface area contributed by atoms with Gasteiger partial charge in [0.2, 0.25) is 0 Å². The van der Waals surface area contributed by atoms with Crippen LogP contribution < -0.4 is 0 Å². The van der Waals surface area contributed by atoms with E-state index in [9.17, 15) is 9.59 Å². The molecule has 2 fully saturated rings. The molecule has 0 N–H and O–H groups in total. The Morgan fingerprint density at radius 2 is 1.16 bits per heavy atom. The molecule has 6 atom stereocenters. The third-order valence-corrected chi connectivity index (χ3v) is 7.56. The molecule has 0 unspecified atom stereocenters. The quantitative estimate of drug-likeness (QED) is 0.551. The number of benzene rings is 3. The fourth-order valence-electron chi connectivity index (χ4n) is 6.30. The summed E-state index contributed by atoms with van der Waals surface area (Å²) < 4.78 is 12.2.